The van der Waals surface area contributed by atoms with Gasteiger partial charge in [0.25, 0.3) is 0 Å². The molecule has 11 nitrogen and oxygen atoms in total. The fourth-order valence-electron chi connectivity index (χ4n) is 2.84. The Morgan fingerprint density at radius 1 is 0.690 bits per heavy atom. The van der Waals surface area contributed by atoms with Crippen molar-refractivity contribution in [2.24, 2.45) is 0 Å². The van der Waals surface area contributed by atoms with Gasteiger partial charge in [-0.2, -0.15) is 21.0 Å². The van der Waals surface area contributed by atoms with Gasteiger partial charge in [-0.1, -0.05) is 0 Å². The van der Waals surface area contributed by atoms with E-state index in [1.165, 1.54) is 6.20 Å². The summed E-state index contributed by atoms with van der Waals surface area (Å²) in [6, 6.07) is 7.54. The Kier molecular flexibility index (Phi) is 3.98. The molecule has 0 amide bonds. The van der Waals surface area contributed by atoms with Crippen molar-refractivity contribution >= 4 is 38.9 Å². The molecular weight excluding hydrogens is 370 g/mol. The molecule has 3 heterocycles. The molecule has 0 saturated heterocycles. The Balaban J connectivity index is 2.32. The summed E-state index contributed by atoms with van der Waals surface area (Å²) in [5.41, 5.74) is 0.947. The van der Waals surface area contributed by atoms with E-state index in [4.69, 9.17) is 0 Å². The quantitative estimate of drug-likeness (QED) is 0.498. The van der Waals surface area contributed by atoms with Crippen LogP contribution in [0.2, 0.25) is 0 Å². The van der Waals surface area contributed by atoms with E-state index >= 15 is 0 Å². The number of hydrogen-bond donors (Lipinski definition) is 1. The van der Waals surface area contributed by atoms with E-state index < -0.39 is 0 Å². The van der Waals surface area contributed by atoms with Crippen molar-refractivity contribution < 1.29 is 0 Å². The van der Waals surface area contributed by atoms with Gasteiger partial charge in [0, 0.05) is 6.54 Å². The van der Waals surface area contributed by atoms with Gasteiger partial charge in [0.1, 0.15) is 57.4 Å². The molecule has 1 N–H and O–H groups in total. The summed E-state index contributed by atoms with van der Waals surface area (Å²) in [6.45, 7) is 2.34. The zero-order valence-corrected chi connectivity index (χ0v) is 14.8. The number of anilines is 1. The summed E-state index contributed by atoms with van der Waals surface area (Å²) in [4.78, 5) is 25.8. The molecule has 0 spiro atoms. The monoisotopic (exact) mass is 377 g/mol. The van der Waals surface area contributed by atoms with Crippen LogP contribution in [0.15, 0.2) is 6.20 Å². The summed E-state index contributed by atoms with van der Waals surface area (Å²) in [7, 11) is 0. The van der Waals surface area contributed by atoms with Crippen LogP contribution in [0.5, 0.6) is 0 Å². The number of nitriles is 4. The predicted molar refractivity (Wildman–Crippen MR) is 98.8 cm³/mol. The Morgan fingerprint density at radius 3 is 1.76 bits per heavy atom. The zero-order valence-electron chi connectivity index (χ0n) is 14.8. The van der Waals surface area contributed by atoms with Crippen molar-refractivity contribution in [3.05, 3.63) is 29.0 Å². The molecule has 0 aliphatic heterocycles. The Hall–Kier alpha value is -5.00. The molecule has 0 atom stereocenters. The second kappa shape index (κ2) is 6.62. The second-order valence-electron chi connectivity index (χ2n) is 5.67. The first-order chi connectivity index (χ1) is 14.1. The van der Waals surface area contributed by atoms with Crippen LogP contribution < -0.4 is 5.32 Å². The average molecular weight is 377 g/mol. The molecular formula is C18H7N11. The fourth-order valence-corrected chi connectivity index (χ4v) is 2.84. The van der Waals surface area contributed by atoms with Gasteiger partial charge in [-0.05, 0) is 6.92 Å². The minimum absolute atomic E-state index is 0.0223. The van der Waals surface area contributed by atoms with Crippen LogP contribution in [0.3, 0.4) is 0 Å². The van der Waals surface area contributed by atoms with Gasteiger partial charge in [-0.15, -0.1) is 0 Å². The molecule has 0 bridgehead atoms. The lowest BCUT2D eigenvalue weighted by Gasteiger charge is -2.10. The molecule has 4 rings (SSSR count). The lowest BCUT2D eigenvalue weighted by Crippen LogP contribution is -2.07. The molecule has 0 aliphatic rings. The third-order valence-electron chi connectivity index (χ3n) is 4.01. The van der Waals surface area contributed by atoms with Gasteiger partial charge in [0.15, 0.2) is 28.6 Å². The van der Waals surface area contributed by atoms with E-state index in [-0.39, 0.29) is 61.7 Å². The first-order valence-corrected chi connectivity index (χ1v) is 8.21. The number of aromatic nitrogens is 6. The maximum absolute atomic E-state index is 9.46. The number of fused-ring (bicyclic) bond motifs is 6. The van der Waals surface area contributed by atoms with E-state index in [0.29, 0.717) is 6.54 Å². The highest BCUT2D eigenvalue weighted by molar-refractivity contribution is 6.18. The lowest BCUT2D eigenvalue weighted by molar-refractivity contribution is 1.13. The SMILES string of the molecule is CCNc1nc2c3nc(C#N)cnc3c3nc(C#N)c(C#N)nc3c2nc1C#N. The summed E-state index contributed by atoms with van der Waals surface area (Å²) >= 11 is 0. The Labute approximate surface area is 162 Å². The standard InChI is InChI=1S/C18H7N11/c1-2-23-18-11(6-22)28-16-15-14(26-9(4-20)10(5-21)27-15)12-13(17(16)29-18)25-8(3-19)7-24-12/h7H,2H2,1H3,(H,23,29). The third-order valence-corrected chi connectivity index (χ3v) is 4.01. The van der Waals surface area contributed by atoms with Gasteiger partial charge in [-0.25, -0.2) is 29.9 Å². The Morgan fingerprint density at radius 2 is 1.21 bits per heavy atom. The fraction of sp³-hybridized carbons (Fsp3) is 0.111. The van der Waals surface area contributed by atoms with Crippen LogP contribution >= 0.6 is 0 Å². The minimum atomic E-state index is -0.182. The van der Waals surface area contributed by atoms with Crippen molar-refractivity contribution in [2.75, 3.05) is 11.9 Å². The van der Waals surface area contributed by atoms with Gasteiger partial charge >= 0.3 is 0 Å². The molecule has 0 radical (unpaired) electrons. The predicted octanol–water partition coefficient (Wildman–Crippen LogP) is 1.43. The topological polar surface area (TPSA) is 185 Å². The molecule has 0 fully saturated rings. The van der Waals surface area contributed by atoms with E-state index in [1.807, 2.05) is 31.2 Å². The third kappa shape index (κ3) is 2.56. The number of nitrogens with one attached hydrogen (secondary N) is 1. The van der Waals surface area contributed by atoms with Crippen molar-refractivity contribution in [1.29, 1.82) is 21.0 Å². The first-order valence-electron chi connectivity index (χ1n) is 8.21. The molecule has 11 heteroatoms. The average Bonchev–Trinajstić information content (AvgIpc) is 2.77. The van der Waals surface area contributed by atoms with Gasteiger partial charge in [-0.3, -0.25) is 0 Å². The van der Waals surface area contributed by atoms with E-state index in [2.05, 4.69) is 35.2 Å². The number of nitrogens with zero attached hydrogens (tertiary/aromatic N) is 10. The molecule has 0 unspecified atom stereocenters. The summed E-state index contributed by atoms with van der Waals surface area (Å²) in [5, 5.41) is 40.2. The van der Waals surface area contributed by atoms with Crippen LogP contribution in [0.25, 0.3) is 33.1 Å². The summed E-state index contributed by atoms with van der Waals surface area (Å²) in [5.74, 6) is 0.245. The van der Waals surface area contributed by atoms with E-state index in [1.54, 1.807) is 0 Å². The van der Waals surface area contributed by atoms with Crippen molar-refractivity contribution in [2.45, 2.75) is 6.92 Å². The van der Waals surface area contributed by atoms with E-state index in [0.717, 1.165) is 0 Å². The maximum atomic E-state index is 9.46. The summed E-state index contributed by atoms with van der Waals surface area (Å²) < 4.78 is 0. The highest BCUT2D eigenvalue weighted by Crippen LogP contribution is 2.31. The lowest BCUT2D eigenvalue weighted by atomic mass is 10.1. The maximum Gasteiger partial charge on any atom is 0.183 e. The highest BCUT2D eigenvalue weighted by Gasteiger charge is 2.21. The molecule has 134 valence electrons. The highest BCUT2D eigenvalue weighted by atomic mass is 15.0. The number of benzene rings is 1. The van der Waals surface area contributed by atoms with E-state index in [9.17, 15) is 21.0 Å². The molecule has 1 aromatic carbocycles. The van der Waals surface area contributed by atoms with Gasteiger partial charge in [0.05, 0.1) is 6.20 Å². The Bertz CT molecular complexity index is 1510. The van der Waals surface area contributed by atoms with Crippen LogP contribution in [0, 0.1) is 45.3 Å². The second-order valence-corrected chi connectivity index (χ2v) is 5.67. The molecule has 0 saturated carbocycles. The zero-order chi connectivity index (χ0) is 20.5. The first kappa shape index (κ1) is 17.4. The number of hydrogen-bond acceptors (Lipinski definition) is 11. The van der Waals surface area contributed by atoms with Gasteiger partial charge < -0.3 is 5.32 Å². The number of rotatable bonds is 2. The minimum Gasteiger partial charge on any atom is -0.368 e. The largest absolute Gasteiger partial charge is 0.368 e. The molecule has 4 aromatic rings. The smallest absolute Gasteiger partial charge is 0.183 e. The summed E-state index contributed by atoms with van der Waals surface area (Å²) in [6.07, 6.45) is 1.27. The molecule has 0 aliphatic carbocycles. The van der Waals surface area contributed by atoms with Crippen LogP contribution in [0.1, 0.15) is 29.7 Å². The van der Waals surface area contributed by atoms with Crippen molar-refractivity contribution in [3.63, 3.8) is 0 Å². The van der Waals surface area contributed by atoms with Crippen LogP contribution in [-0.4, -0.2) is 36.4 Å². The van der Waals surface area contributed by atoms with Crippen molar-refractivity contribution in [3.8, 4) is 24.3 Å². The molecule has 29 heavy (non-hydrogen) atoms. The molecule has 3 aromatic heterocycles. The van der Waals surface area contributed by atoms with Crippen LogP contribution in [0.4, 0.5) is 5.82 Å². The van der Waals surface area contributed by atoms with Gasteiger partial charge in [0.2, 0.25) is 0 Å². The van der Waals surface area contributed by atoms with Crippen LogP contribution in [-0.2, 0) is 0 Å². The normalized spacial score (nSPS) is 10.2. The van der Waals surface area contributed by atoms with Crippen molar-refractivity contribution in [1.82, 2.24) is 29.9 Å².